The number of piperazine rings is 1. The van der Waals surface area contributed by atoms with Crippen LogP contribution in [0, 0.1) is 0 Å². The summed E-state index contributed by atoms with van der Waals surface area (Å²) in [5.41, 5.74) is 1.29. The molecule has 0 radical (unpaired) electrons. The van der Waals surface area contributed by atoms with Gasteiger partial charge in [-0.3, -0.25) is 14.7 Å². The number of halogens is 1. The molecule has 32 heavy (non-hydrogen) atoms. The molecule has 176 valence electrons. The van der Waals surface area contributed by atoms with Crippen molar-refractivity contribution >= 4 is 46.7 Å². The fraction of sp³-hybridized carbons (Fsp3) is 0.583. The second kappa shape index (κ2) is 11.9. The number of carbonyl (C=O) groups is 1. The lowest BCUT2D eigenvalue weighted by Gasteiger charge is -2.39. The number of hydrogen-bond acceptors (Lipinski definition) is 3. The minimum absolute atomic E-state index is 0. The van der Waals surface area contributed by atoms with Gasteiger partial charge in [0.2, 0.25) is 5.91 Å². The van der Waals surface area contributed by atoms with Gasteiger partial charge in [0, 0.05) is 71.1 Å². The zero-order valence-corrected chi connectivity index (χ0v) is 21.7. The van der Waals surface area contributed by atoms with Gasteiger partial charge in [-0.25, -0.2) is 0 Å². The fourth-order valence-electron chi connectivity index (χ4n) is 4.80. The highest BCUT2D eigenvalue weighted by Crippen LogP contribution is 2.16. The number of amides is 1. The van der Waals surface area contributed by atoms with Crippen LogP contribution in [0.3, 0.4) is 0 Å². The van der Waals surface area contributed by atoms with Gasteiger partial charge < -0.3 is 19.7 Å². The van der Waals surface area contributed by atoms with Crippen LogP contribution in [0.4, 0.5) is 0 Å². The Bertz CT molecular complexity index is 899. The Kier molecular flexibility index (Phi) is 9.22. The molecule has 2 aliphatic rings. The number of nitrogens with one attached hydrogen (secondary N) is 1. The summed E-state index contributed by atoms with van der Waals surface area (Å²) < 4.78 is 2.32. The largest absolute Gasteiger partial charge is 0.356 e. The molecule has 8 heteroatoms. The topological polar surface area (TPSA) is 56.1 Å². The third kappa shape index (κ3) is 5.75. The smallest absolute Gasteiger partial charge is 0.239 e. The number of benzene rings is 1. The number of nitrogens with zero attached hydrogens (tertiary/aromatic N) is 5. The lowest BCUT2D eigenvalue weighted by Crippen LogP contribution is -2.57. The Labute approximate surface area is 208 Å². The van der Waals surface area contributed by atoms with E-state index in [0.29, 0.717) is 5.91 Å². The summed E-state index contributed by atoms with van der Waals surface area (Å²) in [6, 6.07) is 10.7. The van der Waals surface area contributed by atoms with Crippen molar-refractivity contribution in [2.24, 2.45) is 4.99 Å². The van der Waals surface area contributed by atoms with Crippen molar-refractivity contribution in [1.82, 2.24) is 24.6 Å². The number of hydrogen-bond donors (Lipinski definition) is 1. The summed E-state index contributed by atoms with van der Waals surface area (Å²) in [5.74, 6) is 1.27. The predicted octanol–water partition coefficient (Wildman–Crippen LogP) is 2.85. The molecule has 1 aromatic heterocycles. The summed E-state index contributed by atoms with van der Waals surface area (Å²) in [5, 5.41) is 4.82. The van der Waals surface area contributed by atoms with E-state index in [2.05, 4.69) is 68.1 Å². The summed E-state index contributed by atoms with van der Waals surface area (Å²) >= 11 is 0. The zero-order chi connectivity index (χ0) is 21.6. The van der Waals surface area contributed by atoms with Crippen LogP contribution in [-0.2, 0) is 11.3 Å². The third-order valence-corrected chi connectivity index (χ3v) is 6.69. The van der Waals surface area contributed by atoms with Crippen molar-refractivity contribution < 1.29 is 4.79 Å². The highest BCUT2D eigenvalue weighted by Gasteiger charge is 2.30. The molecule has 1 N–H and O–H groups in total. The molecular weight excluding hydrogens is 515 g/mol. The molecule has 0 bridgehead atoms. The molecule has 1 aromatic carbocycles. The molecule has 7 nitrogen and oxygen atoms in total. The standard InChI is InChI=1S/C24H36N6O.HI/c1-20(23(31)29-12-5-6-13-29)27-16-18-30(19-17-27)24(25-2)26-11-7-14-28-15-10-21-8-3-4-9-22(21)28;/h3-4,8-10,15,20H,5-7,11-14,16-19H2,1-2H3,(H,25,26);1H. The van der Waals surface area contributed by atoms with E-state index in [-0.39, 0.29) is 30.0 Å². The van der Waals surface area contributed by atoms with Crippen molar-refractivity contribution in [3.63, 3.8) is 0 Å². The van der Waals surface area contributed by atoms with Crippen LogP contribution in [0.25, 0.3) is 10.9 Å². The molecule has 3 heterocycles. The molecule has 2 saturated heterocycles. The number of carbonyl (C=O) groups excluding carboxylic acids is 1. The van der Waals surface area contributed by atoms with Crippen molar-refractivity contribution in [2.45, 2.75) is 38.8 Å². The number of rotatable bonds is 6. The quantitative estimate of drug-likeness (QED) is 0.259. The van der Waals surface area contributed by atoms with Gasteiger partial charge in [-0.05, 0) is 43.7 Å². The molecule has 0 saturated carbocycles. The molecule has 2 aromatic rings. The number of likely N-dealkylation sites (tertiary alicyclic amines) is 1. The predicted molar refractivity (Wildman–Crippen MR) is 142 cm³/mol. The number of guanidine groups is 1. The molecule has 1 amide bonds. The highest BCUT2D eigenvalue weighted by molar-refractivity contribution is 14.0. The SMILES string of the molecule is CN=C(NCCCn1ccc2ccccc21)N1CCN(C(C)C(=O)N2CCCC2)CC1.I. The van der Waals surface area contributed by atoms with Crippen molar-refractivity contribution in [1.29, 1.82) is 0 Å². The lowest BCUT2D eigenvalue weighted by molar-refractivity contribution is -0.135. The Balaban J connectivity index is 0.00000289. The van der Waals surface area contributed by atoms with E-state index < -0.39 is 0 Å². The monoisotopic (exact) mass is 552 g/mol. The summed E-state index contributed by atoms with van der Waals surface area (Å²) in [7, 11) is 1.85. The van der Waals surface area contributed by atoms with Gasteiger partial charge in [-0.15, -0.1) is 24.0 Å². The van der Waals surface area contributed by atoms with Crippen LogP contribution in [0.15, 0.2) is 41.5 Å². The molecule has 1 atom stereocenters. The molecule has 1 unspecified atom stereocenters. The first-order valence-electron chi connectivity index (χ1n) is 11.7. The molecule has 4 rings (SSSR count). The van der Waals surface area contributed by atoms with Crippen molar-refractivity contribution in [3.05, 3.63) is 36.5 Å². The number of aliphatic imine (C=N–C) groups is 1. The minimum Gasteiger partial charge on any atom is -0.356 e. The van der Waals surface area contributed by atoms with E-state index in [1.165, 1.54) is 10.9 Å². The second-order valence-corrected chi connectivity index (χ2v) is 8.63. The first kappa shape index (κ1) is 24.8. The lowest BCUT2D eigenvalue weighted by atomic mass is 10.2. The van der Waals surface area contributed by atoms with Crippen LogP contribution in [0.5, 0.6) is 0 Å². The fourth-order valence-corrected chi connectivity index (χ4v) is 4.80. The number of para-hydroxylation sites is 1. The number of aryl methyl sites for hydroxylation is 1. The van der Waals surface area contributed by atoms with Gasteiger partial charge in [0.25, 0.3) is 0 Å². The summed E-state index contributed by atoms with van der Waals surface area (Å²) in [4.78, 5) is 23.9. The maximum atomic E-state index is 12.7. The van der Waals surface area contributed by atoms with Gasteiger partial charge >= 0.3 is 0 Å². The Hall–Kier alpha value is -1.81. The second-order valence-electron chi connectivity index (χ2n) is 8.63. The first-order valence-corrected chi connectivity index (χ1v) is 11.7. The van der Waals surface area contributed by atoms with Crippen LogP contribution in [-0.4, -0.2) is 90.0 Å². The van der Waals surface area contributed by atoms with E-state index in [1.54, 1.807) is 0 Å². The molecule has 0 spiro atoms. The van der Waals surface area contributed by atoms with Gasteiger partial charge in [-0.2, -0.15) is 0 Å². The van der Waals surface area contributed by atoms with Gasteiger partial charge in [0.05, 0.1) is 6.04 Å². The summed E-state index contributed by atoms with van der Waals surface area (Å²) in [6.45, 7) is 9.41. The molecular formula is C24H37IN6O. The van der Waals surface area contributed by atoms with Crippen LogP contribution in [0.1, 0.15) is 26.2 Å². The highest BCUT2D eigenvalue weighted by atomic mass is 127. The van der Waals surface area contributed by atoms with Gasteiger partial charge in [0.1, 0.15) is 0 Å². The van der Waals surface area contributed by atoms with Crippen LogP contribution < -0.4 is 5.32 Å². The van der Waals surface area contributed by atoms with E-state index in [4.69, 9.17) is 0 Å². The molecule has 0 aliphatic carbocycles. The van der Waals surface area contributed by atoms with E-state index in [1.807, 2.05) is 11.9 Å². The number of aromatic nitrogens is 1. The maximum absolute atomic E-state index is 12.7. The van der Waals surface area contributed by atoms with Crippen LogP contribution >= 0.6 is 24.0 Å². The normalized spacial score (nSPS) is 18.6. The first-order chi connectivity index (χ1) is 15.2. The van der Waals surface area contributed by atoms with E-state index in [9.17, 15) is 4.79 Å². The van der Waals surface area contributed by atoms with Gasteiger partial charge in [0.15, 0.2) is 5.96 Å². The Morgan fingerprint density at radius 1 is 1.03 bits per heavy atom. The zero-order valence-electron chi connectivity index (χ0n) is 19.4. The Morgan fingerprint density at radius 2 is 1.75 bits per heavy atom. The van der Waals surface area contributed by atoms with Crippen molar-refractivity contribution in [2.75, 3.05) is 52.9 Å². The number of fused-ring (bicyclic) bond motifs is 1. The minimum atomic E-state index is -0.0216. The van der Waals surface area contributed by atoms with Gasteiger partial charge in [-0.1, -0.05) is 18.2 Å². The maximum Gasteiger partial charge on any atom is 0.239 e. The third-order valence-electron chi connectivity index (χ3n) is 6.69. The summed E-state index contributed by atoms with van der Waals surface area (Å²) in [6.07, 6.45) is 5.51. The molecule has 2 fully saturated rings. The van der Waals surface area contributed by atoms with Crippen molar-refractivity contribution in [3.8, 4) is 0 Å². The van der Waals surface area contributed by atoms with E-state index >= 15 is 0 Å². The van der Waals surface area contributed by atoms with E-state index in [0.717, 1.165) is 77.6 Å². The average Bonchev–Trinajstić information content (AvgIpc) is 3.49. The average molecular weight is 553 g/mol. The van der Waals surface area contributed by atoms with Crippen LogP contribution in [0.2, 0.25) is 0 Å². The molecule has 2 aliphatic heterocycles. The Morgan fingerprint density at radius 3 is 2.47 bits per heavy atom.